The van der Waals surface area contributed by atoms with Crippen molar-refractivity contribution in [2.45, 2.75) is 6.92 Å². The van der Waals surface area contributed by atoms with Gasteiger partial charge in [0, 0.05) is 0 Å². The first kappa shape index (κ1) is 12.1. The summed E-state index contributed by atoms with van der Waals surface area (Å²) in [6, 6.07) is 15.5. The van der Waals surface area contributed by atoms with Gasteiger partial charge in [0.2, 0.25) is 0 Å². The fourth-order valence-corrected chi connectivity index (χ4v) is 4.25. The van der Waals surface area contributed by atoms with Crippen molar-refractivity contribution in [3.63, 3.8) is 0 Å². The van der Waals surface area contributed by atoms with E-state index in [-0.39, 0.29) is 10.6 Å². The van der Waals surface area contributed by atoms with Crippen molar-refractivity contribution in [2.75, 3.05) is 0 Å². The van der Waals surface area contributed by atoms with E-state index < -0.39 is 0 Å². The van der Waals surface area contributed by atoms with Crippen LogP contribution in [0.25, 0.3) is 19.6 Å². The van der Waals surface area contributed by atoms with Crippen molar-refractivity contribution in [3.8, 4) is 10.0 Å². The zero-order valence-corrected chi connectivity index (χ0v) is 12.0. The first-order chi connectivity index (χ1) is 9.13. The van der Waals surface area contributed by atoms with Crippen LogP contribution < -0.4 is 0 Å². The van der Waals surface area contributed by atoms with Gasteiger partial charge in [-0.1, -0.05) is 0 Å². The van der Waals surface area contributed by atoms with Crippen LogP contribution >= 0.6 is 0 Å². The maximum absolute atomic E-state index is 10.6. The summed E-state index contributed by atoms with van der Waals surface area (Å²) < 4.78 is 2.66. The van der Waals surface area contributed by atoms with Crippen LogP contribution in [0, 0.1) is 17.0 Å². The second-order valence-electron chi connectivity index (χ2n) is 4.46. The van der Waals surface area contributed by atoms with Gasteiger partial charge in [-0.25, -0.2) is 0 Å². The Morgan fingerprint density at radius 2 is 1.79 bits per heavy atom. The topological polar surface area (TPSA) is 43.1 Å². The molecule has 0 aliphatic carbocycles. The summed E-state index contributed by atoms with van der Waals surface area (Å²) in [6.07, 6.45) is 0. The quantitative estimate of drug-likeness (QED) is 0.410. The average Bonchev–Trinajstić information content (AvgIpc) is 2.81. The van der Waals surface area contributed by atoms with Gasteiger partial charge in [-0.15, -0.1) is 0 Å². The molecule has 0 bridgehead atoms. The molecule has 94 valence electrons. The van der Waals surface area contributed by atoms with E-state index in [2.05, 4.69) is 31.2 Å². The molecule has 0 atom stereocenters. The SMILES string of the molecule is Cc1ccc2[se]c(-c3ccc([N+](=O)[O-])cc3)cc2c1. The monoisotopic (exact) mass is 317 g/mol. The summed E-state index contributed by atoms with van der Waals surface area (Å²) in [6.45, 7) is 2.09. The Morgan fingerprint density at radius 3 is 2.47 bits per heavy atom. The Bertz CT molecular complexity index is 759. The molecule has 2 aromatic carbocycles. The van der Waals surface area contributed by atoms with E-state index in [0.717, 1.165) is 5.56 Å². The van der Waals surface area contributed by atoms with Gasteiger partial charge in [-0.05, 0) is 0 Å². The number of non-ortho nitro benzene ring substituents is 1. The molecule has 0 unspecified atom stereocenters. The van der Waals surface area contributed by atoms with Gasteiger partial charge in [0.15, 0.2) is 0 Å². The molecule has 1 aromatic heterocycles. The van der Waals surface area contributed by atoms with Gasteiger partial charge in [-0.3, -0.25) is 0 Å². The zero-order chi connectivity index (χ0) is 13.4. The summed E-state index contributed by atoms with van der Waals surface area (Å²) >= 11 is 0.291. The van der Waals surface area contributed by atoms with Crippen LogP contribution in [0.1, 0.15) is 5.56 Å². The van der Waals surface area contributed by atoms with Crippen molar-refractivity contribution < 1.29 is 4.92 Å². The molecule has 1 heterocycles. The van der Waals surface area contributed by atoms with Gasteiger partial charge in [0.1, 0.15) is 0 Å². The normalized spacial score (nSPS) is 10.8. The van der Waals surface area contributed by atoms with Crippen molar-refractivity contribution in [3.05, 3.63) is 64.2 Å². The first-order valence-corrected chi connectivity index (χ1v) is 7.60. The molecule has 0 saturated carbocycles. The molecular weight excluding hydrogens is 305 g/mol. The van der Waals surface area contributed by atoms with Gasteiger partial charge in [-0.2, -0.15) is 0 Å². The Kier molecular flexibility index (Phi) is 2.97. The van der Waals surface area contributed by atoms with Crippen LogP contribution in [0.4, 0.5) is 5.69 Å². The molecule has 0 radical (unpaired) electrons. The molecule has 0 saturated heterocycles. The predicted octanol–water partition coefficient (Wildman–Crippen LogP) is 3.78. The number of rotatable bonds is 2. The van der Waals surface area contributed by atoms with Gasteiger partial charge in [0.25, 0.3) is 0 Å². The fraction of sp³-hybridized carbons (Fsp3) is 0.0667. The Balaban J connectivity index is 2.06. The number of benzene rings is 2. The van der Waals surface area contributed by atoms with Crippen LogP contribution in [0.5, 0.6) is 0 Å². The molecule has 0 amide bonds. The second kappa shape index (κ2) is 4.65. The third-order valence-corrected chi connectivity index (χ3v) is 5.48. The molecule has 0 aliphatic rings. The summed E-state index contributed by atoms with van der Waals surface area (Å²) in [4.78, 5) is 10.3. The molecule has 3 rings (SSSR count). The minimum atomic E-state index is -0.365. The number of nitro benzene ring substituents is 1. The predicted molar refractivity (Wildman–Crippen MR) is 77.7 cm³/mol. The van der Waals surface area contributed by atoms with E-state index in [1.807, 2.05) is 12.1 Å². The van der Waals surface area contributed by atoms with Crippen LogP contribution in [-0.2, 0) is 0 Å². The van der Waals surface area contributed by atoms with Crippen LogP contribution in [0.3, 0.4) is 0 Å². The first-order valence-electron chi connectivity index (χ1n) is 5.88. The van der Waals surface area contributed by atoms with Crippen molar-refractivity contribution >= 4 is 29.8 Å². The molecule has 0 spiro atoms. The van der Waals surface area contributed by atoms with Crippen LogP contribution in [-0.4, -0.2) is 19.4 Å². The van der Waals surface area contributed by atoms with Crippen molar-refractivity contribution in [2.24, 2.45) is 0 Å². The number of nitro groups is 1. The van der Waals surface area contributed by atoms with E-state index in [1.54, 1.807) is 12.1 Å². The van der Waals surface area contributed by atoms with E-state index >= 15 is 0 Å². The Hall–Kier alpha value is -1.90. The number of fused-ring (bicyclic) bond motifs is 1. The number of aryl methyl sites for hydroxylation is 1. The average molecular weight is 316 g/mol. The van der Waals surface area contributed by atoms with Crippen LogP contribution in [0.15, 0.2) is 48.5 Å². The molecular formula is C15H11NO2Se. The molecule has 4 heteroatoms. The molecule has 3 aromatic rings. The van der Waals surface area contributed by atoms with E-state index in [0.29, 0.717) is 14.5 Å². The third-order valence-electron chi connectivity index (χ3n) is 3.03. The van der Waals surface area contributed by atoms with Gasteiger partial charge >= 0.3 is 116 Å². The van der Waals surface area contributed by atoms with Gasteiger partial charge in [0.05, 0.1) is 0 Å². The van der Waals surface area contributed by atoms with E-state index in [1.165, 1.54) is 19.6 Å². The van der Waals surface area contributed by atoms with E-state index in [9.17, 15) is 10.1 Å². The standard InChI is InChI=1S/C15H11NO2Se/c1-10-2-7-14-12(8-10)9-15(19-14)11-3-5-13(6-4-11)16(17)18/h2-9H,1H3. The van der Waals surface area contributed by atoms with Crippen LogP contribution in [0.2, 0.25) is 0 Å². The number of hydrogen-bond acceptors (Lipinski definition) is 2. The molecule has 0 aliphatic heterocycles. The molecule has 0 fully saturated rings. The summed E-state index contributed by atoms with van der Waals surface area (Å²) in [7, 11) is 0. The summed E-state index contributed by atoms with van der Waals surface area (Å²) in [5, 5.41) is 11.9. The van der Waals surface area contributed by atoms with Crippen molar-refractivity contribution in [1.29, 1.82) is 0 Å². The van der Waals surface area contributed by atoms with Crippen molar-refractivity contribution in [1.82, 2.24) is 0 Å². The second-order valence-corrected chi connectivity index (χ2v) is 6.73. The Labute approximate surface area is 116 Å². The minimum absolute atomic E-state index is 0.142. The molecule has 19 heavy (non-hydrogen) atoms. The Morgan fingerprint density at radius 1 is 1.05 bits per heavy atom. The fourth-order valence-electron chi connectivity index (χ4n) is 2.05. The number of nitrogens with zero attached hydrogens (tertiary/aromatic N) is 1. The third kappa shape index (κ3) is 2.33. The maximum atomic E-state index is 10.6. The molecule has 0 N–H and O–H groups in total. The summed E-state index contributed by atoms with van der Waals surface area (Å²) in [5.74, 6) is 0. The van der Waals surface area contributed by atoms with E-state index in [4.69, 9.17) is 0 Å². The van der Waals surface area contributed by atoms with Gasteiger partial charge < -0.3 is 0 Å². The number of hydrogen-bond donors (Lipinski definition) is 0. The zero-order valence-electron chi connectivity index (χ0n) is 10.3. The molecule has 3 nitrogen and oxygen atoms in total. The summed E-state index contributed by atoms with van der Waals surface area (Å²) in [5.41, 5.74) is 2.48.